The van der Waals surface area contributed by atoms with Gasteiger partial charge in [0.15, 0.2) is 0 Å². The molecule has 0 fully saturated rings. The average Bonchev–Trinajstić information content (AvgIpc) is 2.25. The molecule has 0 amide bonds. The lowest BCUT2D eigenvalue weighted by molar-refractivity contribution is -0.136. The van der Waals surface area contributed by atoms with Crippen LogP contribution in [0.3, 0.4) is 0 Å². The third kappa shape index (κ3) is 4.10. The monoisotopic (exact) mass is 209 g/mol. The van der Waals surface area contributed by atoms with Crippen LogP contribution in [0.5, 0.6) is 0 Å². The molecule has 0 saturated carbocycles. The summed E-state index contributed by atoms with van der Waals surface area (Å²) in [7, 11) is 0. The van der Waals surface area contributed by atoms with Crippen LogP contribution in [-0.2, 0) is 4.79 Å². The first-order valence-electron chi connectivity index (χ1n) is 4.85. The molecule has 1 rings (SSSR count). The Hall–Kier alpha value is -1.39. The maximum atomic E-state index is 10.3. The number of aliphatic hydroxyl groups is 1. The molecule has 0 aromatic heterocycles. The zero-order chi connectivity index (χ0) is 11.1. The third-order valence-electron chi connectivity index (χ3n) is 2.11. The highest BCUT2D eigenvalue weighted by Gasteiger charge is 2.08. The number of carboxylic acids is 1. The van der Waals surface area contributed by atoms with E-state index in [1.165, 1.54) is 0 Å². The number of hydrogen-bond acceptors (Lipinski definition) is 3. The van der Waals surface area contributed by atoms with E-state index in [1.807, 2.05) is 30.3 Å². The van der Waals surface area contributed by atoms with E-state index in [-0.39, 0.29) is 19.1 Å². The molecule has 0 aliphatic heterocycles. The van der Waals surface area contributed by atoms with Gasteiger partial charge in [-0.3, -0.25) is 4.79 Å². The fourth-order valence-corrected chi connectivity index (χ4v) is 1.33. The van der Waals surface area contributed by atoms with Crippen molar-refractivity contribution in [2.75, 3.05) is 13.2 Å². The van der Waals surface area contributed by atoms with Crippen molar-refractivity contribution >= 4 is 5.97 Å². The molecule has 1 aromatic rings. The number of carboxylic acid groups (broad SMARTS) is 1. The van der Waals surface area contributed by atoms with Crippen molar-refractivity contribution in [3.63, 3.8) is 0 Å². The summed E-state index contributed by atoms with van der Waals surface area (Å²) in [5, 5.41) is 20.6. The first-order chi connectivity index (χ1) is 7.24. The molecular weight excluding hydrogens is 194 g/mol. The van der Waals surface area contributed by atoms with Crippen LogP contribution in [0.2, 0.25) is 0 Å². The lowest BCUT2D eigenvalue weighted by atomic mass is 10.1. The normalized spacial score (nSPS) is 12.3. The average molecular weight is 209 g/mol. The SMILES string of the molecule is O=C(O)CCNC(CO)c1ccccc1. The third-order valence-corrected chi connectivity index (χ3v) is 2.11. The molecule has 82 valence electrons. The van der Waals surface area contributed by atoms with Crippen LogP contribution in [0, 0.1) is 0 Å². The predicted molar refractivity (Wildman–Crippen MR) is 56.5 cm³/mol. The molecular formula is C11H15NO3. The molecule has 0 aliphatic carbocycles. The summed E-state index contributed by atoms with van der Waals surface area (Å²) in [5.74, 6) is -0.841. The van der Waals surface area contributed by atoms with Crippen LogP contribution in [0.1, 0.15) is 18.0 Å². The Labute approximate surface area is 88.6 Å². The standard InChI is InChI=1S/C11H15NO3/c13-8-10(12-7-6-11(14)15)9-4-2-1-3-5-9/h1-5,10,12-13H,6-8H2,(H,14,15). The molecule has 0 saturated heterocycles. The molecule has 1 unspecified atom stereocenters. The van der Waals surface area contributed by atoms with Crippen LogP contribution in [0.25, 0.3) is 0 Å². The lowest BCUT2D eigenvalue weighted by Gasteiger charge is -2.15. The molecule has 15 heavy (non-hydrogen) atoms. The van der Waals surface area contributed by atoms with Gasteiger partial charge in [-0.25, -0.2) is 0 Å². The summed E-state index contributed by atoms with van der Waals surface area (Å²) >= 11 is 0. The van der Waals surface area contributed by atoms with Gasteiger partial charge in [-0.15, -0.1) is 0 Å². The highest BCUT2D eigenvalue weighted by atomic mass is 16.4. The Balaban J connectivity index is 2.46. The van der Waals surface area contributed by atoms with E-state index in [0.717, 1.165) is 5.56 Å². The second kappa shape index (κ2) is 6.16. The van der Waals surface area contributed by atoms with Gasteiger partial charge in [-0.1, -0.05) is 30.3 Å². The molecule has 1 aromatic carbocycles. The van der Waals surface area contributed by atoms with Crippen LogP contribution in [0.4, 0.5) is 0 Å². The van der Waals surface area contributed by atoms with Gasteiger partial charge in [0.2, 0.25) is 0 Å². The zero-order valence-corrected chi connectivity index (χ0v) is 8.39. The van der Waals surface area contributed by atoms with Gasteiger partial charge in [-0.2, -0.15) is 0 Å². The summed E-state index contributed by atoms with van der Waals surface area (Å²) < 4.78 is 0. The number of hydrogen-bond donors (Lipinski definition) is 3. The van der Waals surface area contributed by atoms with Gasteiger partial charge >= 0.3 is 5.97 Å². The van der Waals surface area contributed by atoms with Gasteiger partial charge in [-0.05, 0) is 5.56 Å². The second-order valence-corrected chi connectivity index (χ2v) is 3.24. The Morgan fingerprint density at radius 3 is 2.53 bits per heavy atom. The van der Waals surface area contributed by atoms with Crippen molar-refractivity contribution in [2.45, 2.75) is 12.5 Å². The molecule has 4 nitrogen and oxygen atoms in total. The van der Waals surface area contributed by atoms with E-state index >= 15 is 0 Å². The van der Waals surface area contributed by atoms with Gasteiger partial charge in [0.25, 0.3) is 0 Å². The fraction of sp³-hybridized carbons (Fsp3) is 0.364. The number of nitrogens with one attached hydrogen (secondary N) is 1. The van der Waals surface area contributed by atoms with Crippen LogP contribution in [-0.4, -0.2) is 29.3 Å². The van der Waals surface area contributed by atoms with E-state index < -0.39 is 5.97 Å². The first-order valence-corrected chi connectivity index (χ1v) is 4.85. The molecule has 4 heteroatoms. The summed E-state index contributed by atoms with van der Waals surface area (Å²) in [6.07, 6.45) is 0.0589. The van der Waals surface area contributed by atoms with Gasteiger partial charge in [0.1, 0.15) is 0 Å². The van der Waals surface area contributed by atoms with Crippen molar-refractivity contribution in [1.29, 1.82) is 0 Å². The van der Waals surface area contributed by atoms with E-state index in [2.05, 4.69) is 5.32 Å². The number of benzene rings is 1. The quantitative estimate of drug-likeness (QED) is 0.647. The fourth-order valence-electron chi connectivity index (χ4n) is 1.33. The first kappa shape index (κ1) is 11.7. The number of aliphatic carboxylic acids is 1. The largest absolute Gasteiger partial charge is 0.481 e. The Bertz CT molecular complexity index is 300. The number of rotatable bonds is 6. The van der Waals surface area contributed by atoms with E-state index in [0.29, 0.717) is 6.54 Å². The summed E-state index contributed by atoms with van der Waals surface area (Å²) in [6.45, 7) is 0.319. The molecule has 1 atom stereocenters. The Morgan fingerprint density at radius 1 is 1.33 bits per heavy atom. The molecule has 0 radical (unpaired) electrons. The minimum Gasteiger partial charge on any atom is -0.481 e. The van der Waals surface area contributed by atoms with Crippen molar-refractivity contribution in [2.24, 2.45) is 0 Å². The summed E-state index contributed by atoms with van der Waals surface area (Å²) in [4.78, 5) is 10.3. The zero-order valence-electron chi connectivity index (χ0n) is 8.39. The maximum Gasteiger partial charge on any atom is 0.304 e. The topological polar surface area (TPSA) is 69.6 Å². The number of carbonyl (C=O) groups is 1. The molecule has 0 spiro atoms. The van der Waals surface area contributed by atoms with Gasteiger partial charge in [0, 0.05) is 6.54 Å². The van der Waals surface area contributed by atoms with E-state index in [9.17, 15) is 4.79 Å². The Morgan fingerprint density at radius 2 is 2.00 bits per heavy atom. The maximum absolute atomic E-state index is 10.3. The van der Waals surface area contributed by atoms with Crippen LogP contribution >= 0.6 is 0 Å². The minimum absolute atomic E-state index is 0.0381. The number of aliphatic hydroxyl groups excluding tert-OH is 1. The highest BCUT2D eigenvalue weighted by molar-refractivity contribution is 5.66. The molecule has 0 aliphatic rings. The van der Waals surface area contributed by atoms with Crippen molar-refractivity contribution < 1.29 is 15.0 Å². The second-order valence-electron chi connectivity index (χ2n) is 3.24. The van der Waals surface area contributed by atoms with E-state index in [1.54, 1.807) is 0 Å². The van der Waals surface area contributed by atoms with E-state index in [4.69, 9.17) is 10.2 Å². The van der Waals surface area contributed by atoms with Gasteiger partial charge in [0.05, 0.1) is 19.1 Å². The van der Waals surface area contributed by atoms with Crippen LogP contribution < -0.4 is 5.32 Å². The molecule has 3 N–H and O–H groups in total. The highest BCUT2D eigenvalue weighted by Crippen LogP contribution is 2.10. The minimum atomic E-state index is -0.841. The van der Waals surface area contributed by atoms with Crippen molar-refractivity contribution in [3.8, 4) is 0 Å². The van der Waals surface area contributed by atoms with Crippen LogP contribution in [0.15, 0.2) is 30.3 Å². The van der Waals surface area contributed by atoms with Crippen molar-refractivity contribution in [1.82, 2.24) is 5.32 Å². The summed E-state index contributed by atoms with van der Waals surface area (Å²) in [5.41, 5.74) is 0.963. The smallest absolute Gasteiger partial charge is 0.304 e. The van der Waals surface area contributed by atoms with Gasteiger partial charge < -0.3 is 15.5 Å². The molecule has 0 bridgehead atoms. The Kier molecular flexibility index (Phi) is 4.80. The van der Waals surface area contributed by atoms with Crippen molar-refractivity contribution in [3.05, 3.63) is 35.9 Å². The lowest BCUT2D eigenvalue weighted by Crippen LogP contribution is -2.26. The summed E-state index contributed by atoms with van der Waals surface area (Å²) in [6, 6.07) is 9.28. The molecule has 0 heterocycles. The predicted octanol–water partition coefficient (Wildman–Crippen LogP) is 0.784.